The number of rotatable bonds is 2. The van der Waals surface area contributed by atoms with Crippen LogP contribution in [-0.2, 0) is 33.0 Å². The number of esters is 1. The van der Waals surface area contributed by atoms with Gasteiger partial charge in [-0.05, 0) is 88.1 Å². The maximum atomic E-state index is 14.8. The zero-order valence-corrected chi connectivity index (χ0v) is 35.1. The van der Waals surface area contributed by atoms with Gasteiger partial charge in [-0.15, -0.1) is 0 Å². The molecule has 10 heterocycles. The molecule has 4 aromatic rings. The van der Waals surface area contributed by atoms with E-state index in [0.29, 0.717) is 66.0 Å². The second-order valence-corrected chi connectivity index (χ2v) is 20.3. The Hall–Kier alpha value is -4.83. The summed E-state index contributed by atoms with van der Waals surface area (Å²) >= 11 is 0. The number of aromatic hydroxyl groups is 1. The molecule has 6 N–H and O–H groups in total. The molecule has 1 spiro atoms. The van der Waals surface area contributed by atoms with E-state index in [9.17, 15) is 14.7 Å². The topological polar surface area (TPSA) is 193 Å². The zero-order valence-electron chi connectivity index (χ0n) is 33.5. The highest BCUT2D eigenvalue weighted by Crippen LogP contribution is 2.60. The number of hydrogen-bond donors (Lipinski definition) is 4. The number of benzene rings is 1. The first-order chi connectivity index (χ1) is 29.0. The molecule has 1 aromatic carbocycles. The number of hydrogen-bond acceptors (Lipinski definition) is 14. The summed E-state index contributed by atoms with van der Waals surface area (Å²) in [5, 5.41) is 12.1. The van der Waals surface area contributed by atoms with E-state index in [-0.39, 0.29) is 46.1 Å². The van der Waals surface area contributed by atoms with E-state index >= 15 is 0 Å². The molecule has 6 atom stereocenters. The Morgan fingerprint density at radius 2 is 1.88 bits per heavy atom. The quantitative estimate of drug-likeness (QED) is 0.109. The summed E-state index contributed by atoms with van der Waals surface area (Å²) in [5.41, 5.74) is 18.4. The molecule has 12 rings (SSSR count). The number of phenols is 1. The molecule has 1 aliphatic carbocycles. The van der Waals surface area contributed by atoms with Gasteiger partial charge in [-0.2, -0.15) is 0 Å². The smallest absolute Gasteiger partial charge is 0.341 e. The van der Waals surface area contributed by atoms with Crippen molar-refractivity contribution >= 4 is 56.4 Å². The van der Waals surface area contributed by atoms with Gasteiger partial charge in [0.15, 0.2) is 11.0 Å². The molecule has 8 aliphatic rings. The lowest BCUT2D eigenvalue weighted by atomic mass is 9.65. The number of carbonyl (C=O) groups excluding carboxylic acids is 1. The van der Waals surface area contributed by atoms with Crippen LogP contribution < -0.4 is 26.5 Å². The molecule has 1 unspecified atom stereocenters. The van der Waals surface area contributed by atoms with Crippen LogP contribution in [0.1, 0.15) is 79.5 Å². The SMILES string of the molecule is Cc1cc(=O)c2c(O)c3c(cc2o1)O[C@@]1(C)CCSSCc2c(cc(C[NH+]4C=C5N=CC=C5C4)nc2N)-c2cc(cc(N)n2)CC[C@H]2O[C@@]24C(=O)O[C@@H]1[C@H]3C1CCC4CC1. The molecule has 6 bridgehead atoms. The summed E-state index contributed by atoms with van der Waals surface area (Å²) in [6.07, 6.45) is 9.93. The molecular weight excluding hydrogens is 801 g/mol. The Kier molecular flexibility index (Phi) is 8.97. The van der Waals surface area contributed by atoms with Crippen LogP contribution in [0.3, 0.4) is 0 Å². The van der Waals surface area contributed by atoms with E-state index in [1.165, 1.54) is 16.5 Å². The number of fused-ring (bicyclic) bond motifs is 9. The molecule has 7 aliphatic heterocycles. The van der Waals surface area contributed by atoms with Gasteiger partial charge in [0.05, 0.1) is 17.5 Å². The first-order valence-corrected chi connectivity index (χ1v) is 23.4. The number of nitrogens with zero attached hydrogens (tertiary/aromatic N) is 3. The highest BCUT2D eigenvalue weighted by atomic mass is 33.1. The van der Waals surface area contributed by atoms with Crippen molar-refractivity contribution in [2.24, 2.45) is 16.8 Å². The van der Waals surface area contributed by atoms with E-state index in [4.69, 9.17) is 40.1 Å². The fraction of sp³-hybridized carbons (Fsp3) is 0.444. The van der Waals surface area contributed by atoms with Gasteiger partial charge < -0.3 is 35.2 Å². The van der Waals surface area contributed by atoms with E-state index in [2.05, 4.69) is 29.4 Å². The molecule has 0 radical (unpaired) electrons. The predicted molar refractivity (Wildman–Crippen MR) is 231 cm³/mol. The minimum Gasteiger partial charge on any atom is -0.507 e. The Morgan fingerprint density at radius 3 is 2.72 bits per heavy atom. The fourth-order valence-electron chi connectivity index (χ4n) is 11.0. The standard InChI is InChI=1S/C45H46N6O7S2/c1-22-13-32(52)38-33(55-22)17-34-39(40(38)53)37-24-4-6-26(7-5-24)45-35(58-45)8-3-23-14-30(50-36(46)15-23)28-16-27(19-51-18-25-9-11-48-31(25)20-51)49-42(47)29(28)21-60-59-12-10-44(2,57-34)41(37)56-43(45)54/h9,11,13-17,20,24,26,35,37,41,53H,3-8,10,12,18-19,21H2,1-2H3,(H2,46,50)(H2,47,49)/p+1/t24?,26?,35-,37+,41-,44+,45-/m1/s1. The first kappa shape index (κ1) is 38.1. The Bertz CT molecular complexity index is 2660. The largest absolute Gasteiger partial charge is 0.507 e. The summed E-state index contributed by atoms with van der Waals surface area (Å²) < 4.78 is 26.3. The number of aryl methyl sites for hydroxylation is 2. The van der Waals surface area contributed by atoms with Crippen molar-refractivity contribution in [1.29, 1.82) is 0 Å². The van der Waals surface area contributed by atoms with Crippen LogP contribution in [0.25, 0.3) is 22.2 Å². The number of nitrogens with two attached hydrogens (primary N) is 2. The van der Waals surface area contributed by atoms with Crippen LogP contribution in [0, 0.1) is 18.8 Å². The highest BCUT2D eigenvalue weighted by molar-refractivity contribution is 8.76. The molecule has 4 fully saturated rings. The zero-order chi connectivity index (χ0) is 41.1. The minimum atomic E-state index is -1.07. The van der Waals surface area contributed by atoms with Crippen LogP contribution in [0.2, 0.25) is 0 Å². The van der Waals surface area contributed by atoms with Crippen molar-refractivity contribution in [3.05, 3.63) is 92.2 Å². The van der Waals surface area contributed by atoms with Gasteiger partial charge in [-0.1, -0.05) is 21.6 Å². The van der Waals surface area contributed by atoms with E-state index in [0.717, 1.165) is 66.0 Å². The lowest BCUT2D eigenvalue weighted by molar-refractivity contribution is -0.852. The Morgan fingerprint density at radius 1 is 1.03 bits per heavy atom. The monoisotopic (exact) mass is 847 g/mol. The van der Waals surface area contributed by atoms with Gasteiger partial charge >= 0.3 is 5.97 Å². The molecule has 3 saturated heterocycles. The van der Waals surface area contributed by atoms with Crippen molar-refractivity contribution in [1.82, 2.24) is 9.97 Å². The molecule has 1 saturated carbocycles. The maximum Gasteiger partial charge on any atom is 0.341 e. The minimum absolute atomic E-state index is 0.00860. The van der Waals surface area contributed by atoms with Crippen LogP contribution in [0.15, 0.2) is 68.1 Å². The summed E-state index contributed by atoms with van der Waals surface area (Å²) in [5.74, 6) is 2.13. The third-order valence-electron chi connectivity index (χ3n) is 14.0. The summed E-state index contributed by atoms with van der Waals surface area (Å²) in [6, 6.07) is 9.23. The second-order valence-electron chi connectivity index (χ2n) is 17.7. The van der Waals surface area contributed by atoms with E-state index in [1.807, 2.05) is 19.2 Å². The number of allylic oxidation sites excluding steroid dienone is 1. The average molecular weight is 848 g/mol. The van der Waals surface area contributed by atoms with Crippen LogP contribution in [-0.4, -0.2) is 63.0 Å². The van der Waals surface area contributed by atoms with Gasteiger partial charge in [0.2, 0.25) is 0 Å². The van der Waals surface area contributed by atoms with E-state index in [1.54, 1.807) is 34.6 Å². The summed E-state index contributed by atoms with van der Waals surface area (Å²) in [4.78, 5) is 43.7. The normalized spacial score (nSPS) is 31.5. The van der Waals surface area contributed by atoms with Gasteiger partial charge in [0.1, 0.15) is 76.6 Å². The van der Waals surface area contributed by atoms with Crippen molar-refractivity contribution in [3.63, 3.8) is 0 Å². The molecule has 310 valence electrons. The van der Waals surface area contributed by atoms with Crippen LogP contribution >= 0.6 is 21.6 Å². The number of quaternary nitrogens is 1. The number of ether oxygens (including phenoxy) is 3. The second kappa shape index (κ2) is 14.1. The van der Waals surface area contributed by atoms with Gasteiger partial charge in [-0.25, -0.2) is 14.8 Å². The lowest BCUT2D eigenvalue weighted by Crippen LogP contribution is -3.04. The third kappa shape index (κ3) is 6.17. The third-order valence-corrected chi connectivity index (χ3v) is 16.3. The molecule has 15 heteroatoms. The molecular formula is C45H47N6O7S2+. The van der Waals surface area contributed by atoms with Crippen molar-refractivity contribution < 1.29 is 33.4 Å². The first-order valence-electron chi connectivity index (χ1n) is 20.9. The number of nitrogens with one attached hydrogen (secondary N) is 1. The number of nitrogen functional groups attached to an aromatic ring is 2. The number of phenolic OH excluding ortho intramolecular Hbond substituents is 1. The Balaban J connectivity index is 0.982. The number of epoxide rings is 1. The van der Waals surface area contributed by atoms with Crippen molar-refractivity contribution in [2.45, 2.75) is 100 Å². The molecule has 0 amide bonds. The number of aromatic nitrogens is 2. The maximum absolute atomic E-state index is 14.8. The van der Waals surface area contributed by atoms with E-state index < -0.39 is 23.2 Å². The molecule has 13 nitrogen and oxygen atoms in total. The fourth-order valence-corrected chi connectivity index (χ4v) is 13.4. The van der Waals surface area contributed by atoms with Crippen molar-refractivity contribution in [3.8, 4) is 22.8 Å². The summed E-state index contributed by atoms with van der Waals surface area (Å²) in [6.45, 7) is 5.21. The number of aliphatic imine (C=N–C) groups is 1. The van der Waals surface area contributed by atoms with Gasteiger partial charge in [0, 0.05) is 70.4 Å². The van der Waals surface area contributed by atoms with Gasteiger partial charge in [-0.3, -0.25) is 14.7 Å². The number of carbonyl (C=O) groups is 1. The van der Waals surface area contributed by atoms with Crippen molar-refractivity contribution in [2.75, 3.05) is 23.8 Å². The highest BCUT2D eigenvalue weighted by Gasteiger charge is 2.70. The predicted octanol–water partition coefficient (Wildman–Crippen LogP) is 5.70. The number of pyridine rings is 2. The molecule has 3 aromatic heterocycles. The van der Waals surface area contributed by atoms with Gasteiger partial charge in [0.25, 0.3) is 0 Å². The Labute approximate surface area is 354 Å². The van der Waals surface area contributed by atoms with Crippen LogP contribution in [0.4, 0.5) is 11.6 Å². The average Bonchev–Trinajstić information content (AvgIpc) is 3.55. The summed E-state index contributed by atoms with van der Waals surface area (Å²) in [7, 11) is 3.35. The van der Waals surface area contributed by atoms with Crippen LogP contribution in [0.5, 0.6) is 11.5 Å². The molecule has 60 heavy (non-hydrogen) atoms. The lowest BCUT2D eigenvalue weighted by Gasteiger charge is -2.48. The number of anilines is 2.